The lowest BCUT2D eigenvalue weighted by Crippen LogP contribution is -2.25. The van der Waals surface area contributed by atoms with E-state index in [-0.39, 0.29) is 12.5 Å². The molecule has 24 heavy (non-hydrogen) atoms. The molecule has 0 atom stereocenters. The average Bonchev–Trinajstić information content (AvgIpc) is 2.54. The molecule has 0 radical (unpaired) electrons. The summed E-state index contributed by atoms with van der Waals surface area (Å²) in [5.41, 5.74) is 6.35. The quantitative estimate of drug-likeness (QED) is 0.655. The van der Waals surface area contributed by atoms with Crippen LogP contribution in [0.1, 0.15) is 22.3 Å². The molecule has 5 heteroatoms. The number of para-hydroxylation sites is 1. The largest absolute Gasteiger partial charge is 0.496 e. The molecule has 126 valence electrons. The van der Waals surface area contributed by atoms with Gasteiger partial charge in [-0.1, -0.05) is 18.2 Å². The molecule has 2 aromatic carbocycles. The van der Waals surface area contributed by atoms with E-state index >= 15 is 0 Å². The van der Waals surface area contributed by atoms with Gasteiger partial charge in [0.25, 0.3) is 5.91 Å². The smallest absolute Gasteiger partial charge is 0.277 e. The number of aryl methyl sites for hydroxylation is 3. The molecule has 0 spiro atoms. The van der Waals surface area contributed by atoms with E-state index in [1.165, 1.54) is 0 Å². The van der Waals surface area contributed by atoms with Crippen LogP contribution in [-0.2, 0) is 4.79 Å². The fraction of sp³-hybridized carbons (Fsp3) is 0.263. The van der Waals surface area contributed by atoms with Gasteiger partial charge >= 0.3 is 0 Å². The van der Waals surface area contributed by atoms with Crippen molar-refractivity contribution in [2.45, 2.75) is 20.8 Å². The zero-order valence-electron chi connectivity index (χ0n) is 14.4. The summed E-state index contributed by atoms with van der Waals surface area (Å²) in [6.07, 6.45) is 1.59. The summed E-state index contributed by atoms with van der Waals surface area (Å²) in [6, 6.07) is 11.5. The number of amides is 1. The predicted octanol–water partition coefficient (Wildman–Crippen LogP) is 3.15. The molecule has 0 aliphatic carbocycles. The SMILES string of the molecule is COc1ccc(/C=N\NC(=O)COc2c(C)cccc2C)cc1C. The number of rotatable bonds is 6. The highest BCUT2D eigenvalue weighted by Gasteiger charge is 2.06. The van der Waals surface area contributed by atoms with Crippen molar-refractivity contribution in [3.05, 3.63) is 58.7 Å². The van der Waals surface area contributed by atoms with Gasteiger partial charge in [0.05, 0.1) is 13.3 Å². The van der Waals surface area contributed by atoms with Crippen LogP contribution in [0.4, 0.5) is 0 Å². The molecule has 0 aromatic heterocycles. The normalized spacial score (nSPS) is 10.7. The maximum atomic E-state index is 11.8. The van der Waals surface area contributed by atoms with Crippen molar-refractivity contribution in [2.75, 3.05) is 13.7 Å². The summed E-state index contributed by atoms with van der Waals surface area (Å²) < 4.78 is 10.8. The molecule has 0 unspecified atom stereocenters. The highest BCUT2D eigenvalue weighted by atomic mass is 16.5. The van der Waals surface area contributed by atoms with Crippen molar-refractivity contribution in [2.24, 2.45) is 5.10 Å². The van der Waals surface area contributed by atoms with Gasteiger partial charge in [-0.3, -0.25) is 4.79 Å². The summed E-state index contributed by atoms with van der Waals surface area (Å²) >= 11 is 0. The van der Waals surface area contributed by atoms with Crippen LogP contribution in [0.25, 0.3) is 0 Å². The maximum Gasteiger partial charge on any atom is 0.277 e. The Hall–Kier alpha value is -2.82. The second kappa shape index (κ2) is 8.15. The fourth-order valence-electron chi connectivity index (χ4n) is 2.36. The molecule has 0 fully saturated rings. The van der Waals surface area contributed by atoms with E-state index in [2.05, 4.69) is 10.5 Å². The second-order valence-electron chi connectivity index (χ2n) is 5.53. The van der Waals surface area contributed by atoms with E-state index < -0.39 is 0 Å². The minimum atomic E-state index is -0.306. The molecule has 5 nitrogen and oxygen atoms in total. The zero-order chi connectivity index (χ0) is 17.5. The van der Waals surface area contributed by atoms with Gasteiger partial charge < -0.3 is 9.47 Å². The van der Waals surface area contributed by atoms with Crippen LogP contribution in [0.5, 0.6) is 11.5 Å². The Morgan fingerprint density at radius 3 is 2.46 bits per heavy atom. The first-order chi connectivity index (χ1) is 11.5. The molecule has 0 heterocycles. The van der Waals surface area contributed by atoms with Gasteiger partial charge in [-0.05, 0) is 61.2 Å². The molecule has 0 bridgehead atoms. The van der Waals surface area contributed by atoms with Crippen LogP contribution >= 0.6 is 0 Å². The highest BCUT2D eigenvalue weighted by Crippen LogP contribution is 2.22. The Balaban J connectivity index is 1.88. The molecule has 1 N–H and O–H groups in total. The topological polar surface area (TPSA) is 59.9 Å². The number of benzene rings is 2. The molecule has 0 saturated heterocycles. The van der Waals surface area contributed by atoms with Gasteiger partial charge in [-0.2, -0.15) is 5.10 Å². The van der Waals surface area contributed by atoms with Crippen LogP contribution in [0.3, 0.4) is 0 Å². The molecule has 1 amide bonds. The van der Waals surface area contributed by atoms with Crippen molar-refractivity contribution in [3.63, 3.8) is 0 Å². The summed E-state index contributed by atoms with van der Waals surface area (Å²) in [5.74, 6) is 1.25. The van der Waals surface area contributed by atoms with Gasteiger partial charge in [0.1, 0.15) is 11.5 Å². The molecule has 0 aliphatic rings. The summed E-state index contributed by atoms with van der Waals surface area (Å²) in [5, 5.41) is 3.95. The third-order valence-electron chi connectivity index (χ3n) is 3.58. The molecule has 0 aliphatic heterocycles. The van der Waals surface area contributed by atoms with E-state index in [1.807, 2.05) is 57.2 Å². The predicted molar refractivity (Wildman–Crippen MR) is 94.9 cm³/mol. The molecule has 2 rings (SSSR count). The van der Waals surface area contributed by atoms with Crippen LogP contribution in [0, 0.1) is 20.8 Å². The van der Waals surface area contributed by atoms with Gasteiger partial charge in [0, 0.05) is 0 Å². The van der Waals surface area contributed by atoms with E-state index in [9.17, 15) is 4.79 Å². The third kappa shape index (κ3) is 4.59. The van der Waals surface area contributed by atoms with Crippen LogP contribution in [-0.4, -0.2) is 25.8 Å². The summed E-state index contributed by atoms with van der Waals surface area (Å²) in [7, 11) is 1.63. The van der Waals surface area contributed by atoms with Gasteiger partial charge in [0.2, 0.25) is 0 Å². The van der Waals surface area contributed by atoms with E-state index in [0.717, 1.165) is 33.8 Å². The Bertz CT molecular complexity index is 734. The average molecular weight is 326 g/mol. The maximum absolute atomic E-state index is 11.8. The molecular weight excluding hydrogens is 304 g/mol. The van der Waals surface area contributed by atoms with Gasteiger partial charge in [-0.15, -0.1) is 0 Å². The Morgan fingerprint density at radius 2 is 1.83 bits per heavy atom. The lowest BCUT2D eigenvalue weighted by Gasteiger charge is -2.10. The number of nitrogens with zero attached hydrogens (tertiary/aromatic N) is 1. The summed E-state index contributed by atoms with van der Waals surface area (Å²) in [4.78, 5) is 11.8. The van der Waals surface area contributed by atoms with Crippen molar-refractivity contribution in [1.29, 1.82) is 0 Å². The number of methoxy groups -OCH3 is 1. The van der Waals surface area contributed by atoms with Crippen LogP contribution in [0.15, 0.2) is 41.5 Å². The third-order valence-corrected chi connectivity index (χ3v) is 3.58. The highest BCUT2D eigenvalue weighted by molar-refractivity contribution is 5.83. The number of nitrogens with one attached hydrogen (secondary N) is 1. The molecule has 2 aromatic rings. The van der Waals surface area contributed by atoms with Crippen LogP contribution in [0.2, 0.25) is 0 Å². The van der Waals surface area contributed by atoms with Crippen molar-refractivity contribution in [1.82, 2.24) is 5.43 Å². The Kier molecular flexibility index (Phi) is 5.95. The van der Waals surface area contributed by atoms with Crippen molar-refractivity contribution in [3.8, 4) is 11.5 Å². The second-order valence-corrected chi connectivity index (χ2v) is 5.53. The van der Waals surface area contributed by atoms with E-state index in [1.54, 1.807) is 13.3 Å². The molecule has 0 saturated carbocycles. The monoisotopic (exact) mass is 326 g/mol. The Labute approximate surface area is 142 Å². The first kappa shape index (κ1) is 17.5. The summed E-state index contributed by atoms with van der Waals surface area (Å²) in [6.45, 7) is 5.77. The standard InChI is InChI=1S/C19H22N2O3/c1-13-6-5-7-14(2)19(13)24-12-18(22)21-20-11-16-8-9-17(23-4)15(3)10-16/h5-11H,12H2,1-4H3,(H,21,22)/b20-11-. The van der Waals surface area contributed by atoms with Crippen molar-refractivity contribution >= 4 is 12.1 Å². The van der Waals surface area contributed by atoms with E-state index in [0.29, 0.717) is 0 Å². The lowest BCUT2D eigenvalue weighted by atomic mass is 10.1. The number of hydrogen-bond donors (Lipinski definition) is 1. The zero-order valence-corrected chi connectivity index (χ0v) is 14.4. The number of hydrogen-bond acceptors (Lipinski definition) is 4. The minimum absolute atomic E-state index is 0.0787. The van der Waals surface area contributed by atoms with Gasteiger partial charge in [0.15, 0.2) is 6.61 Å². The number of carbonyl (C=O) groups is 1. The number of ether oxygens (including phenoxy) is 2. The number of hydrazone groups is 1. The minimum Gasteiger partial charge on any atom is -0.496 e. The molecular formula is C19H22N2O3. The lowest BCUT2D eigenvalue weighted by molar-refractivity contribution is -0.123. The number of carbonyl (C=O) groups excluding carboxylic acids is 1. The first-order valence-electron chi connectivity index (χ1n) is 7.67. The Morgan fingerprint density at radius 1 is 1.12 bits per heavy atom. The fourth-order valence-corrected chi connectivity index (χ4v) is 2.36. The van der Waals surface area contributed by atoms with Crippen molar-refractivity contribution < 1.29 is 14.3 Å². The van der Waals surface area contributed by atoms with Gasteiger partial charge in [-0.25, -0.2) is 5.43 Å². The first-order valence-corrected chi connectivity index (χ1v) is 7.67. The van der Waals surface area contributed by atoms with E-state index in [4.69, 9.17) is 9.47 Å². The van der Waals surface area contributed by atoms with Crippen LogP contribution < -0.4 is 14.9 Å².